The Bertz CT molecular complexity index is 611. The van der Waals surface area contributed by atoms with E-state index in [1.54, 1.807) is 6.07 Å². The molecule has 0 bridgehead atoms. The number of nitrogens with zero attached hydrogens (tertiary/aromatic N) is 2. The summed E-state index contributed by atoms with van der Waals surface area (Å²) in [5.74, 6) is 0. The highest BCUT2D eigenvalue weighted by Crippen LogP contribution is 2.17. The molecular formula is C13H12N4O2. The molecule has 2 aromatic carbocycles. The Morgan fingerprint density at radius 2 is 1.95 bits per heavy atom. The third-order valence-electron chi connectivity index (χ3n) is 2.35. The van der Waals surface area contributed by atoms with Crippen molar-refractivity contribution in [3.8, 4) is 0 Å². The molecule has 2 rings (SSSR count). The number of anilines is 2. The second-order valence-corrected chi connectivity index (χ2v) is 3.85. The van der Waals surface area contributed by atoms with E-state index in [1.165, 1.54) is 18.3 Å². The van der Waals surface area contributed by atoms with Gasteiger partial charge in [-0.05, 0) is 18.2 Å². The van der Waals surface area contributed by atoms with Gasteiger partial charge in [-0.15, -0.1) is 0 Å². The zero-order valence-electron chi connectivity index (χ0n) is 9.98. The minimum Gasteiger partial charge on any atom is -0.399 e. The molecule has 6 heteroatoms. The first-order chi connectivity index (χ1) is 9.15. The van der Waals surface area contributed by atoms with Gasteiger partial charge in [0, 0.05) is 23.4 Å². The van der Waals surface area contributed by atoms with Crippen LogP contribution < -0.4 is 11.2 Å². The molecule has 19 heavy (non-hydrogen) atoms. The quantitative estimate of drug-likeness (QED) is 0.380. The van der Waals surface area contributed by atoms with Gasteiger partial charge in [-0.2, -0.15) is 5.10 Å². The molecule has 2 aromatic rings. The van der Waals surface area contributed by atoms with E-state index in [0.717, 1.165) is 5.69 Å². The molecule has 0 amide bonds. The summed E-state index contributed by atoms with van der Waals surface area (Å²) in [7, 11) is 0. The lowest BCUT2D eigenvalue weighted by Crippen LogP contribution is -1.95. The van der Waals surface area contributed by atoms with E-state index in [1.807, 2.05) is 30.3 Å². The molecule has 0 saturated carbocycles. The topological polar surface area (TPSA) is 93.5 Å². The molecule has 0 radical (unpaired) electrons. The Kier molecular flexibility index (Phi) is 3.72. The van der Waals surface area contributed by atoms with E-state index in [0.29, 0.717) is 11.3 Å². The molecular weight excluding hydrogens is 244 g/mol. The molecule has 0 saturated heterocycles. The van der Waals surface area contributed by atoms with E-state index in [9.17, 15) is 10.1 Å². The smallest absolute Gasteiger partial charge is 0.272 e. The van der Waals surface area contributed by atoms with Crippen LogP contribution in [0.4, 0.5) is 17.1 Å². The van der Waals surface area contributed by atoms with Crippen molar-refractivity contribution < 1.29 is 4.92 Å². The lowest BCUT2D eigenvalue weighted by Gasteiger charge is -2.00. The largest absolute Gasteiger partial charge is 0.399 e. The number of nitro groups is 1. The number of benzene rings is 2. The van der Waals surface area contributed by atoms with Gasteiger partial charge in [0.2, 0.25) is 0 Å². The number of hydrazone groups is 1. The van der Waals surface area contributed by atoms with Gasteiger partial charge in [0.25, 0.3) is 5.69 Å². The highest BCUT2D eigenvalue weighted by molar-refractivity contribution is 5.83. The molecule has 0 fully saturated rings. The van der Waals surface area contributed by atoms with Crippen LogP contribution in [0.5, 0.6) is 0 Å². The fourth-order valence-corrected chi connectivity index (χ4v) is 1.53. The van der Waals surface area contributed by atoms with Gasteiger partial charge in [-0.1, -0.05) is 18.2 Å². The maximum atomic E-state index is 10.7. The van der Waals surface area contributed by atoms with Crippen LogP contribution >= 0.6 is 0 Å². The molecule has 0 aliphatic carbocycles. The van der Waals surface area contributed by atoms with Crippen LogP contribution in [0.25, 0.3) is 0 Å². The number of hydrogen-bond acceptors (Lipinski definition) is 5. The Morgan fingerprint density at radius 3 is 2.63 bits per heavy atom. The number of para-hydroxylation sites is 1. The number of non-ortho nitro benzene ring substituents is 1. The Labute approximate surface area is 109 Å². The van der Waals surface area contributed by atoms with Crippen LogP contribution in [0.1, 0.15) is 5.56 Å². The third-order valence-corrected chi connectivity index (χ3v) is 2.35. The maximum absolute atomic E-state index is 10.7. The van der Waals surface area contributed by atoms with Crippen molar-refractivity contribution in [2.45, 2.75) is 0 Å². The first-order valence-corrected chi connectivity index (χ1v) is 5.54. The van der Waals surface area contributed by atoms with Crippen LogP contribution in [-0.4, -0.2) is 11.1 Å². The van der Waals surface area contributed by atoms with Gasteiger partial charge < -0.3 is 5.73 Å². The molecule has 0 aromatic heterocycles. The second-order valence-electron chi connectivity index (χ2n) is 3.85. The van der Waals surface area contributed by atoms with Gasteiger partial charge in [-0.25, -0.2) is 0 Å². The molecule has 0 heterocycles. The molecule has 0 aliphatic heterocycles. The van der Waals surface area contributed by atoms with Crippen molar-refractivity contribution in [1.82, 2.24) is 0 Å². The summed E-state index contributed by atoms with van der Waals surface area (Å²) in [6.07, 6.45) is 1.48. The summed E-state index contributed by atoms with van der Waals surface area (Å²) in [5, 5.41) is 14.7. The van der Waals surface area contributed by atoms with Crippen LogP contribution in [0, 0.1) is 10.1 Å². The van der Waals surface area contributed by atoms with Gasteiger partial charge in [-0.3, -0.25) is 15.5 Å². The Balaban J connectivity index is 2.12. The molecule has 0 aliphatic rings. The van der Waals surface area contributed by atoms with Crippen molar-refractivity contribution in [3.63, 3.8) is 0 Å². The van der Waals surface area contributed by atoms with Crippen LogP contribution in [0.3, 0.4) is 0 Å². The maximum Gasteiger partial charge on any atom is 0.272 e. The van der Waals surface area contributed by atoms with E-state index < -0.39 is 4.92 Å². The Hall–Kier alpha value is -2.89. The lowest BCUT2D eigenvalue weighted by atomic mass is 10.2. The first kappa shape index (κ1) is 12.6. The van der Waals surface area contributed by atoms with Crippen LogP contribution in [0.15, 0.2) is 53.6 Å². The van der Waals surface area contributed by atoms with Gasteiger partial charge in [0.1, 0.15) is 0 Å². The van der Waals surface area contributed by atoms with Crippen molar-refractivity contribution in [2.75, 3.05) is 11.2 Å². The highest BCUT2D eigenvalue weighted by atomic mass is 16.6. The van der Waals surface area contributed by atoms with Crippen molar-refractivity contribution >= 4 is 23.3 Å². The summed E-state index contributed by atoms with van der Waals surface area (Å²) >= 11 is 0. The van der Waals surface area contributed by atoms with Crippen LogP contribution in [-0.2, 0) is 0 Å². The van der Waals surface area contributed by atoms with Gasteiger partial charge >= 0.3 is 0 Å². The molecule has 6 nitrogen and oxygen atoms in total. The third kappa shape index (κ3) is 3.53. The zero-order chi connectivity index (χ0) is 13.7. The SMILES string of the molecule is Nc1cc(/C=N/Nc2ccccc2)cc([N+](=O)[O-])c1. The van der Waals surface area contributed by atoms with Gasteiger partial charge in [0.05, 0.1) is 16.8 Å². The van der Waals surface area contributed by atoms with E-state index in [4.69, 9.17) is 5.73 Å². The summed E-state index contributed by atoms with van der Waals surface area (Å²) in [6.45, 7) is 0. The van der Waals surface area contributed by atoms with Gasteiger partial charge in [0.15, 0.2) is 0 Å². The van der Waals surface area contributed by atoms with E-state index in [2.05, 4.69) is 10.5 Å². The summed E-state index contributed by atoms with van der Waals surface area (Å²) in [6, 6.07) is 13.7. The zero-order valence-corrected chi connectivity index (χ0v) is 9.98. The number of hydrogen-bond donors (Lipinski definition) is 2. The highest BCUT2D eigenvalue weighted by Gasteiger charge is 2.07. The number of nitrogen functional groups attached to an aromatic ring is 1. The number of nitrogens with two attached hydrogens (primary N) is 1. The molecule has 96 valence electrons. The molecule has 3 N–H and O–H groups in total. The summed E-state index contributed by atoms with van der Waals surface area (Å²) in [5.41, 5.74) is 10.1. The number of nitro benzene ring substituents is 1. The Morgan fingerprint density at radius 1 is 1.21 bits per heavy atom. The predicted octanol–water partition coefficient (Wildman–Crippen LogP) is 2.62. The van der Waals surface area contributed by atoms with Crippen molar-refractivity contribution in [2.24, 2.45) is 5.10 Å². The monoisotopic (exact) mass is 256 g/mol. The van der Waals surface area contributed by atoms with Crippen LogP contribution in [0.2, 0.25) is 0 Å². The standard InChI is InChI=1S/C13H12N4O2/c14-11-6-10(7-13(8-11)17(18)19)9-15-16-12-4-2-1-3-5-12/h1-9,16H,14H2/b15-9+. The second kappa shape index (κ2) is 5.63. The van der Waals surface area contributed by atoms with Crippen molar-refractivity contribution in [3.05, 3.63) is 64.2 Å². The normalized spacial score (nSPS) is 10.5. The molecule has 0 atom stereocenters. The average molecular weight is 256 g/mol. The predicted molar refractivity (Wildman–Crippen MR) is 75.2 cm³/mol. The van der Waals surface area contributed by atoms with Crippen molar-refractivity contribution in [1.29, 1.82) is 0 Å². The average Bonchev–Trinajstić information content (AvgIpc) is 2.39. The minimum atomic E-state index is -0.488. The number of rotatable bonds is 4. The minimum absolute atomic E-state index is 0.0545. The summed E-state index contributed by atoms with van der Waals surface area (Å²) in [4.78, 5) is 10.2. The number of nitrogens with one attached hydrogen (secondary N) is 1. The first-order valence-electron chi connectivity index (χ1n) is 5.54. The fraction of sp³-hybridized carbons (Fsp3) is 0. The summed E-state index contributed by atoms with van der Waals surface area (Å²) < 4.78 is 0. The lowest BCUT2D eigenvalue weighted by molar-refractivity contribution is -0.384. The van der Waals surface area contributed by atoms with E-state index >= 15 is 0 Å². The van der Waals surface area contributed by atoms with E-state index in [-0.39, 0.29) is 5.69 Å². The molecule has 0 spiro atoms. The fourth-order valence-electron chi connectivity index (χ4n) is 1.53. The molecule has 0 unspecified atom stereocenters.